The number of rotatable bonds is 7. The summed E-state index contributed by atoms with van der Waals surface area (Å²) in [4.78, 5) is 55.7. The van der Waals surface area contributed by atoms with Crippen LogP contribution in [-0.2, 0) is 47.5 Å². The van der Waals surface area contributed by atoms with E-state index >= 15 is 0 Å². The highest BCUT2D eigenvalue weighted by Gasteiger charge is 2.56. The molecule has 0 unspecified atom stereocenters. The normalized spacial score (nSPS) is 37.8. The number of aliphatic hydroxyl groups is 1. The third-order valence-corrected chi connectivity index (χ3v) is 12.9. The lowest BCUT2D eigenvalue weighted by Gasteiger charge is -2.51. The number of fused-ring (bicyclic) bond motifs is 5. The van der Waals surface area contributed by atoms with E-state index in [1.807, 2.05) is 25.9 Å². The van der Waals surface area contributed by atoms with Crippen LogP contribution >= 0.6 is 0 Å². The molecule has 59 heavy (non-hydrogen) atoms. The minimum Gasteiger partial charge on any atom is -0.507 e. The quantitative estimate of drug-likeness (QED) is 0.198. The number of ketones is 3. The van der Waals surface area contributed by atoms with Gasteiger partial charge in [-0.1, -0.05) is 19.1 Å². The van der Waals surface area contributed by atoms with E-state index in [4.69, 9.17) is 37.9 Å². The number of hydrogen-bond acceptors (Lipinski definition) is 17. The Bertz CT molecular complexity index is 2050. The number of Topliss-reactive ketones (excluding diaryl/α,β-unsaturated/α-hetero) is 1. The first-order valence-corrected chi connectivity index (χ1v) is 20.1. The second-order valence-corrected chi connectivity index (χ2v) is 16.7. The van der Waals surface area contributed by atoms with Crippen molar-refractivity contribution in [2.75, 3.05) is 21.2 Å². The summed E-state index contributed by atoms with van der Waals surface area (Å²) in [5.74, 6) is -6.42. The van der Waals surface area contributed by atoms with Gasteiger partial charge in [0.2, 0.25) is 5.78 Å². The largest absolute Gasteiger partial charge is 0.507 e. The van der Waals surface area contributed by atoms with Crippen LogP contribution in [-0.4, -0.2) is 143 Å². The molecule has 0 saturated carbocycles. The third kappa shape index (κ3) is 6.84. The van der Waals surface area contributed by atoms with Gasteiger partial charge in [-0.3, -0.25) is 19.2 Å². The molecule has 2 aromatic carbocycles. The maximum absolute atomic E-state index is 14.0. The van der Waals surface area contributed by atoms with Crippen molar-refractivity contribution in [1.82, 2.24) is 4.90 Å². The predicted molar refractivity (Wildman–Crippen MR) is 201 cm³/mol. The summed E-state index contributed by atoms with van der Waals surface area (Å²) in [5.41, 5.74) is -4.11. The lowest BCUT2D eigenvalue weighted by molar-refractivity contribution is -0.371. The number of methoxy groups -OCH3 is 1. The number of esters is 1. The smallest absolute Gasteiger partial charge is 0.316 e. The molecule has 6 aliphatic rings. The van der Waals surface area contributed by atoms with E-state index < -0.39 is 125 Å². The van der Waals surface area contributed by atoms with Crippen molar-refractivity contribution in [2.45, 2.75) is 145 Å². The number of aromatic hydroxyl groups is 3. The monoisotopic (exact) mass is 825 g/mol. The van der Waals surface area contributed by atoms with E-state index in [1.54, 1.807) is 20.8 Å². The zero-order chi connectivity index (χ0) is 42.4. The number of carbonyl (C=O) groups is 4. The molecule has 2 aromatic rings. The molecule has 4 N–H and O–H groups in total. The zero-order valence-electron chi connectivity index (χ0n) is 33.9. The summed E-state index contributed by atoms with van der Waals surface area (Å²) >= 11 is 0. The van der Waals surface area contributed by atoms with Crippen molar-refractivity contribution in [1.29, 1.82) is 0 Å². The molecule has 0 radical (unpaired) electrons. The van der Waals surface area contributed by atoms with Crippen molar-refractivity contribution in [3.8, 4) is 17.2 Å². The zero-order valence-corrected chi connectivity index (χ0v) is 33.9. The van der Waals surface area contributed by atoms with Gasteiger partial charge in [0.25, 0.3) is 0 Å². The highest BCUT2D eigenvalue weighted by molar-refractivity contribution is 6.31. The van der Waals surface area contributed by atoms with Crippen LogP contribution in [0.2, 0.25) is 0 Å². The molecule has 2 aliphatic carbocycles. The van der Waals surface area contributed by atoms with Crippen LogP contribution < -0.4 is 0 Å². The van der Waals surface area contributed by atoms with Gasteiger partial charge in [0, 0.05) is 48.4 Å². The molecule has 4 aliphatic heterocycles. The van der Waals surface area contributed by atoms with E-state index in [0.717, 1.165) is 7.11 Å². The number of likely N-dealkylation sites (N-methyl/N-ethyl adjacent to an activating group) is 1. The third-order valence-electron chi connectivity index (χ3n) is 12.9. The molecule has 17 heteroatoms. The van der Waals surface area contributed by atoms with Crippen LogP contribution in [0.3, 0.4) is 0 Å². The van der Waals surface area contributed by atoms with Crippen LogP contribution in [0.25, 0.3) is 0 Å². The first kappa shape index (κ1) is 41.7. The first-order valence-electron chi connectivity index (χ1n) is 20.1. The van der Waals surface area contributed by atoms with Gasteiger partial charge in [-0.25, -0.2) is 0 Å². The van der Waals surface area contributed by atoms with E-state index in [2.05, 4.69) is 0 Å². The van der Waals surface area contributed by atoms with Gasteiger partial charge >= 0.3 is 5.97 Å². The summed E-state index contributed by atoms with van der Waals surface area (Å²) in [5, 5.41) is 46.7. The summed E-state index contributed by atoms with van der Waals surface area (Å²) < 4.78 is 49.4. The molecule has 4 fully saturated rings. The minimum atomic E-state index is -1.92. The van der Waals surface area contributed by atoms with Gasteiger partial charge in [-0.05, 0) is 47.4 Å². The molecular weight excluding hydrogens is 774 g/mol. The van der Waals surface area contributed by atoms with E-state index in [1.165, 1.54) is 18.2 Å². The molecule has 0 bridgehead atoms. The molecule has 4 heterocycles. The Balaban J connectivity index is 1.08. The number of phenols is 3. The standard InChI is InChI=1S/C42H51NO16/c1-8-42(51)15-25(29-30(33(42)40(50)52-7)37(49)31-32(36(29)48)35(47)28-19(34(31)46)10-9-11-21(28)44)57-26-12-20(43(5)6)38(17(3)53-26)58-27-14-23-39(18(4)54-27)59-41-24(56-23)13-22(45)16(2)55-41/h9-11,16-18,20,23-27,33,38-39,41,44,48-49,51H,8,12-15H2,1-7H3/t16-,17-,18-,20-,23-,24+,25-,26+,27+,33-,38+,39+,41-,42+/m1/s1. The first-order chi connectivity index (χ1) is 28.0. The fraction of sp³-hybridized carbons (Fsp3) is 0.619. The molecule has 320 valence electrons. The Morgan fingerprint density at radius 2 is 1.53 bits per heavy atom. The molecule has 14 atom stereocenters. The number of nitrogens with zero attached hydrogens (tertiary/aromatic N) is 1. The Morgan fingerprint density at radius 3 is 2.22 bits per heavy atom. The number of carbonyl (C=O) groups excluding carboxylic acids is 4. The summed E-state index contributed by atoms with van der Waals surface area (Å²) in [6.07, 6.45) is -6.94. The van der Waals surface area contributed by atoms with Crippen molar-refractivity contribution in [2.24, 2.45) is 0 Å². The van der Waals surface area contributed by atoms with Crippen molar-refractivity contribution in [3.05, 3.63) is 51.6 Å². The molecule has 0 amide bonds. The summed E-state index contributed by atoms with van der Waals surface area (Å²) in [6.45, 7) is 7.00. The Morgan fingerprint density at radius 1 is 0.847 bits per heavy atom. The number of phenolic OH excluding ortho intramolecular Hbond substituents is 3. The van der Waals surface area contributed by atoms with Gasteiger partial charge in [0.05, 0.1) is 53.8 Å². The topological polar surface area (TPSA) is 226 Å². The lowest BCUT2D eigenvalue weighted by Crippen LogP contribution is -2.62. The van der Waals surface area contributed by atoms with Gasteiger partial charge in [-0.2, -0.15) is 0 Å². The van der Waals surface area contributed by atoms with E-state index in [9.17, 15) is 39.6 Å². The van der Waals surface area contributed by atoms with Crippen LogP contribution in [0.15, 0.2) is 18.2 Å². The average Bonchev–Trinajstić information content (AvgIpc) is 3.18. The lowest BCUT2D eigenvalue weighted by atomic mass is 9.66. The van der Waals surface area contributed by atoms with Gasteiger partial charge in [0.15, 0.2) is 30.4 Å². The second-order valence-electron chi connectivity index (χ2n) is 16.7. The van der Waals surface area contributed by atoms with E-state index in [-0.39, 0.29) is 59.8 Å². The highest BCUT2D eigenvalue weighted by Crippen LogP contribution is 2.57. The van der Waals surface area contributed by atoms with Crippen molar-refractivity contribution < 1.29 is 77.5 Å². The van der Waals surface area contributed by atoms with Crippen LogP contribution in [0, 0.1) is 0 Å². The van der Waals surface area contributed by atoms with Gasteiger partial charge in [-0.15, -0.1) is 0 Å². The summed E-state index contributed by atoms with van der Waals surface area (Å²) in [6, 6.07) is 3.55. The number of hydrogen-bond donors (Lipinski definition) is 4. The number of benzene rings is 2. The highest BCUT2D eigenvalue weighted by atomic mass is 16.8. The van der Waals surface area contributed by atoms with Crippen LogP contribution in [0.5, 0.6) is 17.2 Å². The van der Waals surface area contributed by atoms with Gasteiger partial charge < -0.3 is 63.2 Å². The second kappa shape index (κ2) is 15.5. The average molecular weight is 826 g/mol. The van der Waals surface area contributed by atoms with Gasteiger partial charge in [0.1, 0.15) is 47.6 Å². The Kier molecular flexibility index (Phi) is 10.9. The maximum atomic E-state index is 14.0. The molecular formula is C42H51NO16. The SMILES string of the molecule is CC[C@]1(O)C[C@@H](O[C@H]2C[C@@H](N(C)C)[C@@H](O[C@H]3C[C@H]4O[C@H]5CC(=O)[C@@H](C)O[C@@H]5O[C@H]4[C@@H](C)O3)[C@@H](C)O2)c2c(O)c3c(c(O)c2[C@@H]1C(=O)OC)C(=O)c1cccc(O)c1C3=O. The van der Waals surface area contributed by atoms with E-state index in [0.29, 0.717) is 6.42 Å². The Hall–Kier alpha value is -4.04. The fourth-order valence-electron chi connectivity index (χ4n) is 9.80. The van der Waals surface area contributed by atoms with Crippen molar-refractivity contribution in [3.63, 3.8) is 0 Å². The molecule has 17 nitrogen and oxygen atoms in total. The minimum absolute atomic E-state index is 0.0363. The maximum Gasteiger partial charge on any atom is 0.316 e. The Labute approximate surface area is 340 Å². The van der Waals surface area contributed by atoms with Crippen LogP contribution in [0.4, 0.5) is 0 Å². The predicted octanol–water partition coefficient (Wildman–Crippen LogP) is 2.88. The summed E-state index contributed by atoms with van der Waals surface area (Å²) in [7, 11) is 4.85. The molecule has 0 spiro atoms. The molecule has 8 rings (SSSR count). The fourth-order valence-corrected chi connectivity index (χ4v) is 9.80. The number of ether oxygens (including phenoxy) is 8. The van der Waals surface area contributed by atoms with Crippen molar-refractivity contribution >= 4 is 23.3 Å². The molecule has 4 saturated heterocycles. The molecule has 0 aromatic heterocycles. The van der Waals surface area contributed by atoms with Crippen LogP contribution in [0.1, 0.15) is 115 Å².